The summed E-state index contributed by atoms with van der Waals surface area (Å²) in [5, 5.41) is 9.06. The van der Waals surface area contributed by atoms with E-state index in [2.05, 4.69) is 4.98 Å². The Morgan fingerprint density at radius 2 is 2.14 bits per heavy atom. The van der Waals surface area contributed by atoms with E-state index in [1.807, 2.05) is 6.07 Å². The topological polar surface area (TPSA) is 55.1 Å². The quantitative estimate of drug-likeness (QED) is 0.567. The Labute approximate surface area is 87.0 Å². The minimum Gasteiger partial charge on any atom is -0.352 e. The minimum atomic E-state index is -0.661. The molecule has 1 aromatic heterocycles. The molecule has 0 N–H and O–H groups in total. The molecule has 0 aromatic carbocycles. The Morgan fingerprint density at radius 1 is 1.50 bits per heavy atom. The zero-order valence-electron chi connectivity index (χ0n) is 7.82. The van der Waals surface area contributed by atoms with E-state index in [4.69, 9.17) is 26.3 Å². The zero-order valence-corrected chi connectivity index (χ0v) is 8.58. The van der Waals surface area contributed by atoms with Crippen molar-refractivity contribution in [1.82, 2.24) is 4.98 Å². The number of nitriles is 1. The average molecular weight is 213 g/mol. The first-order valence-corrected chi connectivity index (χ1v) is 4.22. The van der Waals surface area contributed by atoms with Crippen LogP contribution >= 0.6 is 11.6 Å². The van der Waals surface area contributed by atoms with E-state index in [9.17, 15) is 0 Å². The fraction of sp³-hybridized carbons (Fsp3) is 0.333. The highest BCUT2D eigenvalue weighted by Gasteiger charge is 2.18. The number of methoxy groups -OCH3 is 2. The lowest BCUT2D eigenvalue weighted by Gasteiger charge is -2.15. The van der Waals surface area contributed by atoms with E-state index < -0.39 is 6.29 Å². The van der Waals surface area contributed by atoms with Crippen LogP contribution in [0.1, 0.15) is 17.4 Å². The Balaban J connectivity index is 3.23. The highest BCUT2D eigenvalue weighted by atomic mass is 35.5. The number of rotatable bonds is 3. The number of nitrogens with zero attached hydrogens (tertiary/aromatic N) is 2. The van der Waals surface area contributed by atoms with Gasteiger partial charge in [0.2, 0.25) is 0 Å². The molecule has 1 heterocycles. The lowest BCUT2D eigenvalue weighted by atomic mass is 10.1. The van der Waals surface area contributed by atoms with Crippen LogP contribution in [0.4, 0.5) is 0 Å². The van der Waals surface area contributed by atoms with Crippen molar-refractivity contribution >= 4 is 11.6 Å². The van der Waals surface area contributed by atoms with Crippen LogP contribution in [0, 0.1) is 11.3 Å². The second-order valence-corrected chi connectivity index (χ2v) is 2.84. The van der Waals surface area contributed by atoms with Gasteiger partial charge in [0.25, 0.3) is 0 Å². The summed E-state index contributed by atoms with van der Waals surface area (Å²) in [5.41, 5.74) is 0.861. The Morgan fingerprint density at radius 3 is 2.64 bits per heavy atom. The van der Waals surface area contributed by atoms with E-state index in [0.29, 0.717) is 11.1 Å². The summed E-state index contributed by atoms with van der Waals surface area (Å²) in [6, 6.07) is 3.56. The first-order chi connectivity index (χ1) is 6.74. The largest absolute Gasteiger partial charge is 0.352 e. The lowest BCUT2D eigenvalue weighted by Crippen LogP contribution is -2.07. The van der Waals surface area contributed by atoms with Gasteiger partial charge in [-0.15, -0.1) is 0 Å². The van der Waals surface area contributed by atoms with E-state index >= 15 is 0 Å². The van der Waals surface area contributed by atoms with Crippen molar-refractivity contribution in [3.05, 3.63) is 28.5 Å². The maximum Gasteiger partial charge on any atom is 0.187 e. The molecule has 0 aliphatic heterocycles. The van der Waals surface area contributed by atoms with E-state index in [1.165, 1.54) is 20.4 Å². The van der Waals surface area contributed by atoms with Gasteiger partial charge in [0.1, 0.15) is 5.15 Å². The van der Waals surface area contributed by atoms with Crippen LogP contribution in [0.25, 0.3) is 0 Å². The van der Waals surface area contributed by atoms with Gasteiger partial charge in [0.15, 0.2) is 6.29 Å². The number of hydrogen-bond donors (Lipinski definition) is 0. The Hall–Kier alpha value is -1.15. The van der Waals surface area contributed by atoms with Gasteiger partial charge in [0.05, 0.1) is 17.2 Å². The minimum absolute atomic E-state index is 0.220. The van der Waals surface area contributed by atoms with Gasteiger partial charge in [-0.25, -0.2) is 4.98 Å². The summed E-state index contributed by atoms with van der Waals surface area (Å²) in [6.45, 7) is 0. The molecular formula is C9H9ClN2O2. The molecule has 0 saturated carbocycles. The van der Waals surface area contributed by atoms with Gasteiger partial charge in [-0.2, -0.15) is 5.26 Å². The number of aromatic nitrogens is 1. The maximum absolute atomic E-state index is 8.84. The zero-order chi connectivity index (χ0) is 10.6. The summed E-state index contributed by atoms with van der Waals surface area (Å²) in [7, 11) is 2.94. The molecule has 0 bridgehead atoms. The molecule has 0 fully saturated rings. The van der Waals surface area contributed by atoms with Crippen LogP contribution in [0.3, 0.4) is 0 Å². The molecule has 1 rings (SSSR count). The molecule has 0 aliphatic carbocycles. The monoisotopic (exact) mass is 212 g/mol. The molecule has 0 radical (unpaired) electrons. The standard InChI is InChI=1S/C9H9ClN2O2/c1-13-9(14-2)7-6(5-11)3-4-12-8(7)10/h3-4,9H,1-2H3. The van der Waals surface area contributed by atoms with Gasteiger partial charge < -0.3 is 9.47 Å². The maximum atomic E-state index is 8.84. The van der Waals surface area contributed by atoms with Crippen LogP contribution in [-0.2, 0) is 9.47 Å². The normalized spacial score (nSPS) is 10.2. The molecule has 0 spiro atoms. The van der Waals surface area contributed by atoms with E-state index in [-0.39, 0.29) is 5.15 Å². The molecule has 0 aliphatic rings. The Bertz CT molecular complexity index is 358. The van der Waals surface area contributed by atoms with Crippen LogP contribution in [0.5, 0.6) is 0 Å². The van der Waals surface area contributed by atoms with E-state index in [1.54, 1.807) is 6.07 Å². The van der Waals surface area contributed by atoms with Gasteiger partial charge in [0, 0.05) is 20.4 Å². The van der Waals surface area contributed by atoms with Crippen molar-refractivity contribution in [2.45, 2.75) is 6.29 Å². The van der Waals surface area contributed by atoms with Crippen LogP contribution in [-0.4, -0.2) is 19.2 Å². The molecule has 14 heavy (non-hydrogen) atoms. The molecule has 1 aromatic rings. The highest BCUT2D eigenvalue weighted by Crippen LogP contribution is 2.26. The summed E-state index contributed by atoms with van der Waals surface area (Å²) in [6.07, 6.45) is 0.804. The smallest absolute Gasteiger partial charge is 0.187 e. The fourth-order valence-electron chi connectivity index (χ4n) is 1.10. The van der Waals surface area contributed by atoms with Crippen LogP contribution < -0.4 is 0 Å². The van der Waals surface area contributed by atoms with Gasteiger partial charge in [-0.05, 0) is 6.07 Å². The number of hydrogen-bond acceptors (Lipinski definition) is 4. The SMILES string of the molecule is COC(OC)c1c(C#N)ccnc1Cl. The first-order valence-electron chi connectivity index (χ1n) is 3.84. The van der Waals surface area contributed by atoms with Crippen molar-refractivity contribution in [2.75, 3.05) is 14.2 Å². The van der Waals surface area contributed by atoms with Crippen molar-refractivity contribution in [3.8, 4) is 6.07 Å². The van der Waals surface area contributed by atoms with Crippen molar-refractivity contribution in [1.29, 1.82) is 5.26 Å². The van der Waals surface area contributed by atoms with Gasteiger partial charge >= 0.3 is 0 Å². The summed E-state index contributed by atoms with van der Waals surface area (Å²) >= 11 is 5.84. The van der Waals surface area contributed by atoms with Crippen LogP contribution in [0.15, 0.2) is 12.3 Å². The molecule has 0 saturated heterocycles. The molecule has 74 valence electrons. The molecule has 4 nitrogen and oxygen atoms in total. The predicted molar refractivity (Wildman–Crippen MR) is 50.7 cm³/mol. The van der Waals surface area contributed by atoms with Crippen LogP contribution in [0.2, 0.25) is 5.15 Å². The average Bonchev–Trinajstić information content (AvgIpc) is 2.22. The molecular weight excluding hydrogens is 204 g/mol. The van der Waals surface area contributed by atoms with Crippen molar-refractivity contribution in [3.63, 3.8) is 0 Å². The summed E-state index contributed by atoms with van der Waals surface area (Å²) in [5.74, 6) is 0. The fourth-order valence-corrected chi connectivity index (χ4v) is 1.35. The van der Waals surface area contributed by atoms with E-state index in [0.717, 1.165) is 0 Å². The molecule has 0 amide bonds. The Kier molecular flexibility index (Phi) is 3.84. The number of ether oxygens (including phenoxy) is 2. The second kappa shape index (κ2) is 4.91. The molecule has 0 unspecified atom stereocenters. The van der Waals surface area contributed by atoms with Gasteiger partial charge in [-0.3, -0.25) is 0 Å². The summed E-state index contributed by atoms with van der Waals surface area (Å²) in [4.78, 5) is 3.86. The predicted octanol–water partition coefficient (Wildman–Crippen LogP) is 1.90. The van der Waals surface area contributed by atoms with Crippen molar-refractivity contribution in [2.24, 2.45) is 0 Å². The molecule has 5 heteroatoms. The first kappa shape index (κ1) is 10.9. The lowest BCUT2D eigenvalue weighted by molar-refractivity contribution is -0.106. The number of halogens is 1. The third-order valence-electron chi connectivity index (χ3n) is 1.73. The third-order valence-corrected chi connectivity index (χ3v) is 2.03. The number of pyridine rings is 1. The van der Waals surface area contributed by atoms with Gasteiger partial charge in [-0.1, -0.05) is 11.6 Å². The molecule has 0 atom stereocenters. The third kappa shape index (κ3) is 2.02. The second-order valence-electron chi connectivity index (χ2n) is 2.48. The van der Waals surface area contributed by atoms with Crippen molar-refractivity contribution < 1.29 is 9.47 Å². The highest BCUT2D eigenvalue weighted by molar-refractivity contribution is 6.30. The summed E-state index contributed by atoms with van der Waals surface area (Å²) < 4.78 is 10.0.